The van der Waals surface area contributed by atoms with Crippen molar-refractivity contribution in [3.05, 3.63) is 35.4 Å². The Morgan fingerprint density at radius 2 is 1.94 bits per heavy atom. The summed E-state index contributed by atoms with van der Waals surface area (Å²) in [5.41, 5.74) is 4.88. The molecule has 5 nitrogen and oxygen atoms in total. The molecule has 0 saturated heterocycles. The van der Waals surface area contributed by atoms with Crippen molar-refractivity contribution in [3.8, 4) is 0 Å². The average Bonchev–Trinajstić information content (AvgIpc) is 2.23. The molecule has 1 amide bonds. The Morgan fingerprint density at radius 3 is 2.56 bits per heavy atom. The third kappa shape index (κ3) is 1.47. The number of rotatable bonds is 1. The van der Waals surface area contributed by atoms with Crippen LogP contribution in [-0.4, -0.2) is 25.2 Å². The number of nitrogens with two attached hydrogens (primary N) is 1. The first-order chi connectivity index (χ1) is 7.43. The zero-order chi connectivity index (χ0) is 11.9. The average molecular weight is 239 g/mol. The van der Waals surface area contributed by atoms with Gasteiger partial charge in [-0.25, -0.2) is 8.42 Å². The lowest BCUT2D eigenvalue weighted by Crippen LogP contribution is -2.26. The third-order valence-electron chi connectivity index (χ3n) is 2.39. The summed E-state index contributed by atoms with van der Waals surface area (Å²) in [6.45, 7) is 0. The molecule has 1 aromatic carbocycles. The summed E-state index contributed by atoms with van der Waals surface area (Å²) in [7, 11) is -3.59. The highest BCUT2D eigenvalue weighted by atomic mass is 32.2. The Balaban J connectivity index is 2.80. The molecular weight excluding hydrogens is 230 g/mol. The largest absolute Gasteiger partial charge is 0.507 e. The van der Waals surface area contributed by atoms with E-state index in [0.29, 0.717) is 0 Å². The first-order valence-corrected chi connectivity index (χ1v) is 6.13. The lowest BCUT2D eigenvalue weighted by atomic mass is 10.1. The molecular formula is C10H9NO4S. The Labute approximate surface area is 92.1 Å². The fourth-order valence-electron chi connectivity index (χ4n) is 1.62. The van der Waals surface area contributed by atoms with Crippen molar-refractivity contribution < 1.29 is 18.3 Å². The van der Waals surface area contributed by atoms with E-state index in [-0.39, 0.29) is 21.8 Å². The van der Waals surface area contributed by atoms with Gasteiger partial charge in [0, 0.05) is 5.56 Å². The Morgan fingerprint density at radius 1 is 1.31 bits per heavy atom. The number of amides is 1. The molecule has 0 bridgehead atoms. The molecule has 1 aromatic rings. The standard InChI is InChI=1S/C10H9NO4S/c11-10(13)7-5-16(14,15)8-4-2-1-3-6(8)9(7)12/h1-4,12H,5H2,(H2,11,13). The van der Waals surface area contributed by atoms with Crippen LogP contribution in [0.3, 0.4) is 0 Å². The summed E-state index contributed by atoms with van der Waals surface area (Å²) in [5.74, 6) is -1.82. The molecule has 1 aliphatic heterocycles. The van der Waals surface area contributed by atoms with Crippen LogP contribution in [0.25, 0.3) is 5.76 Å². The van der Waals surface area contributed by atoms with E-state index >= 15 is 0 Å². The van der Waals surface area contributed by atoms with Gasteiger partial charge in [0.1, 0.15) is 5.76 Å². The van der Waals surface area contributed by atoms with E-state index in [1.54, 1.807) is 12.1 Å². The van der Waals surface area contributed by atoms with Crippen LogP contribution in [0.4, 0.5) is 0 Å². The SMILES string of the molecule is NC(=O)C1=C(O)c2ccccc2S(=O)(=O)C1. The molecule has 3 N–H and O–H groups in total. The number of hydrogen-bond acceptors (Lipinski definition) is 4. The second-order valence-corrected chi connectivity index (χ2v) is 5.40. The Hall–Kier alpha value is -1.82. The van der Waals surface area contributed by atoms with Gasteiger partial charge in [0.25, 0.3) is 0 Å². The summed E-state index contributed by atoms with van der Waals surface area (Å²) in [4.78, 5) is 11.0. The van der Waals surface area contributed by atoms with Crippen molar-refractivity contribution in [1.82, 2.24) is 0 Å². The van der Waals surface area contributed by atoms with Crippen LogP contribution in [-0.2, 0) is 14.6 Å². The van der Waals surface area contributed by atoms with E-state index in [9.17, 15) is 18.3 Å². The van der Waals surface area contributed by atoms with Gasteiger partial charge >= 0.3 is 0 Å². The van der Waals surface area contributed by atoms with E-state index < -0.39 is 21.5 Å². The second-order valence-electron chi connectivity index (χ2n) is 3.45. The summed E-state index contributed by atoms with van der Waals surface area (Å²) in [6, 6.07) is 5.95. The lowest BCUT2D eigenvalue weighted by molar-refractivity contribution is -0.114. The van der Waals surface area contributed by atoms with Crippen LogP contribution in [0.2, 0.25) is 0 Å². The van der Waals surface area contributed by atoms with Crippen LogP contribution >= 0.6 is 0 Å². The number of aliphatic hydroxyl groups excluding tert-OH is 1. The molecule has 0 atom stereocenters. The maximum atomic E-state index is 11.8. The highest BCUT2D eigenvalue weighted by Crippen LogP contribution is 2.31. The van der Waals surface area contributed by atoms with E-state index in [1.807, 2.05) is 0 Å². The van der Waals surface area contributed by atoms with Crippen LogP contribution in [0.1, 0.15) is 5.56 Å². The third-order valence-corrected chi connectivity index (χ3v) is 4.09. The number of carbonyl (C=O) groups is 1. The predicted octanol–water partition coefficient (Wildman–Crippen LogP) is 0.228. The lowest BCUT2D eigenvalue weighted by Gasteiger charge is -2.17. The molecule has 0 aromatic heterocycles. The van der Waals surface area contributed by atoms with E-state index in [4.69, 9.17) is 5.73 Å². The van der Waals surface area contributed by atoms with Gasteiger partial charge in [0.2, 0.25) is 5.91 Å². The first-order valence-electron chi connectivity index (χ1n) is 4.47. The Kier molecular flexibility index (Phi) is 2.23. The van der Waals surface area contributed by atoms with Crippen LogP contribution in [0, 0.1) is 0 Å². The Bertz CT molecular complexity index is 601. The summed E-state index contributed by atoms with van der Waals surface area (Å²) < 4.78 is 23.6. The van der Waals surface area contributed by atoms with Crippen molar-refractivity contribution in [1.29, 1.82) is 0 Å². The van der Waals surface area contributed by atoms with Crippen LogP contribution in [0.5, 0.6) is 0 Å². The molecule has 0 aliphatic carbocycles. The molecule has 0 unspecified atom stereocenters. The fourth-order valence-corrected chi connectivity index (χ4v) is 3.22. The van der Waals surface area contributed by atoms with Gasteiger partial charge in [0.15, 0.2) is 9.84 Å². The zero-order valence-corrected chi connectivity index (χ0v) is 8.99. The highest BCUT2D eigenvalue weighted by molar-refractivity contribution is 7.91. The van der Waals surface area contributed by atoms with Crippen molar-refractivity contribution in [2.75, 3.05) is 5.75 Å². The van der Waals surface area contributed by atoms with Gasteiger partial charge in [-0.3, -0.25) is 4.79 Å². The number of benzene rings is 1. The monoisotopic (exact) mass is 239 g/mol. The molecule has 2 rings (SSSR count). The first kappa shape index (κ1) is 10.7. The van der Waals surface area contributed by atoms with E-state index in [0.717, 1.165) is 0 Å². The topological polar surface area (TPSA) is 97.5 Å². The van der Waals surface area contributed by atoms with Gasteiger partial charge in [-0.15, -0.1) is 0 Å². The molecule has 0 radical (unpaired) electrons. The number of sulfone groups is 1. The van der Waals surface area contributed by atoms with E-state index in [2.05, 4.69) is 0 Å². The molecule has 1 heterocycles. The van der Waals surface area contributed by atoms with Gasteiger partial charge in [0.05, 0.1) is 16.2 Å². The van der Waals surface area contributed by atoms with Crippen molar-refractivity contribution in [2.45, 2.75) is 4.90 Å². The second kappa shape index (κ2) is 3.34. The van der Waals surface area contributed by atoms with Gasteiger partial charge < -0.3 is 10.8 Å². The number of carbonyl (C=O) groups excluding carboxylic acids is 1. The molecule has 0 fully saturated rings. The number of primary amides is 1. The normalized spacial score (nSPS) is 18.0. The number of hydrogen-bond donors (Lipinski definition) is 2. The predicted molar refractivity (Wildman–Crippen MR) is 57.2 cm³/mol. The van der Waals surface area contributed by atoms with Crippen molar-refractivity contribution >= 4 is 21.5 Å². The summed E-state index contributed by atoms with van der Waals surface area (Å²) >= 11 is 0. The minimum Gasteiger partial charge on any atom is -0.507 e. The molecule has 0 saturated carbocycles. The van der Waals surface area contributed by atoms with Gasteiger partial charge in [-0.1, -0.05) is 12.1 Å². The quantitative estimate of drug-likeness (QED) is 0.732. The molecule has 16 heavy (non-hydrogen) atoms. The molecule has 1 aliphatic rings. The molecule has 84 valence electrons. The summed E-state index contributed by atoms with van der Waals surface area (Å²) in [5, 5.41) is 9.74. The van der Waals surface area contributed by atoms with Gasteiger partial charge in [-0.2, -0.15) is 0 Å². The minimum atomic E-state index is -3.59. The maximum absolute atomic E-state index is 11.8. The number of fused-ring (bicyclic) bond motifs is 1. The van der Waals surface area contributed by atoms with Crippen molar-refractivity contribution in [3.63, 3.8) is 0 Å². The van der Waals surface area contributed by atoms with Crippen LogP contribution < -0.4 is 5.73 Å². The van der Waals surface area contributed by atoms with Gasteiger partial charge in [-0.05, 0) is 12.1 Å². The molecule has 0 spiro atoms. The maximum Gasteiger partial charge on any atom is 0.249 e. The smallest absolute Gasteiger partial charge is 0.249 e. The minimum absolute atomic E-state index is 0.0255. The van der Waals surface area contributed by atoms with Crippen molar-refractivity contribution in [2.24, 2.45) is 5.73 Å². The zero-order valence-electron chi connectivity index (χ0n) is 8.17. The fraction of sp³-hybridized carbons (Fsp3) is 0.100. The highest BCUT2D eigenvalue weighted by Gasteiger charge is 2.31. The number of aliphatic hydroxyl groups is 1. The van der Waals surface area contributed by atoms with E-state index in [1.165, 1.54) is 12.1 Å². The van der Waals surface area contributed by atoms with Crippen LogP contribution in [0.15, 0.2) is 34.7 Å². The molecule has 6 heteroatoms. The summed E-state index contributed by atoms with van der Waals surface area (Å²) in [6.07, 6.45) is 0.